The first kappa shape index (κ1) is 25.6. The highest BCUT2D eigenvalue weighted by Gasteiger charge is 2.35. The Morgan fingerprint density at radius 1 is 1.17 bits per heavy atom. The van der Waals surface area contributed by atoms with Crippen LogP contribution in [0.15, 0.2) is 58.9 Å². The number of thioether (sulfide) groups is 1. The van der Waals surface area contributed by atoms with E-state index < -0.39 is 6.04 Å². The molecule has 0 fully saturated rings. The molecule has 4 rings (SSSR count). The van der Waals surface area contributed by atoms with Gasteiger partial charge in [-0.3, -0.25) is 4.79 Å². The summed E-state index contributed by atoms with van der Waals surface area (Å²) in [6.07, 6.45) is 1.02. The van der Waals surface area contributed by atoms with E-state index in [0.717, 1.165) is 34.7 Å². The van der Waals surface area contributed by atoms with E-state index in [1.807, 2.05) is 70.2 Å². The third kappa shape index (κ3) is 5.51. The molecule has 0 spiro atoms. The molecule has 2 aromatic carbocycles. The number of nitrogens with zero attached hydrogens (tertiary/aromatic N) is 3. The summed E-state index contributed by atoms with van der Waals surface area (Å²) in [7, 11) is 1.61. The highest BCUT2D eigenvalue weighted by Crippen LogP contribution is 2.40. The number of carbonyl (C=O) groups excluding carboxylic acids is 1. The molecule has 2 N–H and O–H groups in total. The molecule has 3 aromatic rings. The Morgan fingerprint density at radius 2 is 1.92 bits per heavy atom. The molecule has 0 bridgehead atoms. The summed E-state index contributed by atoms with van der Waals surface area (Å²) < 4.78 is 13.3. The smallest absolute Gasteiger partial charge is 0.255 e. The average Bonchev–Trinajstić information content (AvgIpc) is 3.25. The average molecular weight is 508 g/mol. The standard InChI is InChI=1S/C27H33N5O3S/c1-7-14-36-27-30-26-28-18(5)23(25(33)29-20-11-8-17(4)9-12-20)24(32(26)31-27)19-10-13-21(35-16(2)3)22(15-19)34-6/h8-13,15-16,24H,7,14H2,1-6H3,(H,29,33)(H,28,30,31). The van der Waals surface area contributed by atoms with Crippen LogP contribution in [0.3, 0.4) is 0 Å². The van der Waals surface area contributed by atoms with Gasteiger partial charge >= 0.3 is 0 Å². The summed E-state index contributed by atoms with van der Waals surface area (Å²) in [4.78, 5) is 18.4. The van der Waals surface area contributed by atoms with Gasteiger partial charge in [-0.2, -0.15) is 4.98 Å². The number of carbonyl (C=O) groups is 1. The van der Waals surface area contributed by atoms with Crippen molar-refractivity contribution in [2.24, 2.45) is 0 Å². The van der Waals surface area contributed by atoms with E-state index in [2.05, 4.69) is 22.5 Å². The number of rotatable bonds is 9. The van der Waals surface area contributed by atoms with E-state index in [9.17, 15) is 4.79 Å². The lowest BCUT2D eigenvalue weighted by atomic mass is 9.94. The van der Waals surface area contributed by atoms with Crippen molar-refractivity contribution in [3.05, 3.63) is 64.9 Å². The molecule has 1 amide bonds. The van der Waals surface area contributed by atoms with E-state index in [4.69, 9.17) is 14.6 Å². The second kappa shape index (κ2) is 11.1. The van der Waals surface area contributed by atoms with Gasteiger partial charge in [0, 0.05) is 17.1 Å². The van der Waals surface area contributed by atoms with Crippen LogP contribution in [0.5, 0.6) is 11.5 Å². The van der Waals surface area contributed by atoms with Crippen molar-refractivity contribution < 1.29 is 14.3 Å². The predicted octanol–water partition coefficient (Wildman–Crippen LogP) is 5.81. The maximum atomic E-state index is 13.7. The largest absolute Gasteiger partial charge is 0.493 e. The van der Waals surface area contributed by atoms with Crippen molar-refractivity contribution in [2.75, 3.05) is 23.5 Å². The number of ether oxygens (including phenoxy) is 2. The quantitative estimate of drug-likeness (QED) is 0.353. The summed E-state index contributed by atoms with van der Waals surface area (Å²) in [6, 6.07) is 13.0. The maximum absolute atomic E-state index is 13.7. The highest BCUT2D eigenvalue weighted by molar-refractivity contribution is 7.99. The summed E-state index contributed by atoms with van der Waals surface area (Å²) in [5.74, 6) is 2.55. The van der Waals surface area contributed by atoms with Crippen LogP contribution in [0, 0.1) is 6.92 Å². The van der Waals surface area contributed by atoms with Gasteiger partial charge in [0.15, 0.2) is 11.5 Å². The van der Waals surface area contributed by atoms with Crippen molar-refractivity contribution >= 4 is 29.3 Å². The van der Waals surface area contributed by atoms with Gasteiger partial charge in [-0.25, -0.2) is 4.68 Å². The van der Waals surface area contributed by atoms with Crippen LogP contribution in [-0.4, -0.2) is 39.6 Å². The first-order valence-corrected chi connectivity index (χ1v) is 13.1. The number of aromatic nitrogens is 3. The number of allylic oxidation sites excluding steroid dienone is 1. The summed E-state index contributed by atoms with van der Waals surface area (Å²) in [6.45, 7) is 9.96. The molecular weight excluding hydrogens is 474 g/mol. The second-order valence-corrected chi connectivity index (χ2v) is 10.0. The van der Waals surface area contributed by atoms with E-state index in [0.29, 0.717) is 28.2 Å². The summed E-state index contributed by atoms with van der Waals surface area (Å²) in [5, 5.41) is 11.8. The molecule has 1 aromatic heterocycles. The minimum Gasteiger partial charge on any atom is -0.493 e. The van der Waals surface area contributed by atoms with Gasteiger partial charge in [-0.05, 0) is 63.9 Å². The molecule has 0 radical (unpaired) electrons. The van der Waals surface area contributed by atoms with E-state index >= 15 is 0 Å². The molecule has 0 saturated heterocycles. The fourth-order valence-electron chi connectivity index (χ4n) is 4.03. The van der Waals surface area contributed by atoms with Crippen LogP contribution >= 0.6 is 11.8 Å². The van der Waals surface area contributed by atoms with E-state index in [1.54, 1.807) is 23.6 Å². The van der Waals surface area contributed by atoms with Crippen molar-refractivity contribution in [2.45, 2.75) is 58.3 Å². The maximum Gasteiger partial charge on any atom is 0.255 e. The molecule has 1 unspecified atom stereocenters. The minimum atomic E-state index is -0.503. The van der Waals surface area contributed by atoms with Crippen LogP contribution in [0.1, 0.15) is 51.3 Å². The Kier molecular flexibility index (Phi) is 7.88. The van der Waals surface area contributed by atoms with Gasteiger partial charge in [0.1, 0.15) is 6.04 Å². The molecule has 1 aliphatic heterocycles. The number of fused-ring (bicyclic) bond motifs is 1. The van der Waals surface area contributed by atoms with Crippen LogP contribution < -0.4 is 20.1 Å². The Labute approximate surface area is 216 Å². The Balaban J connectivity index is 1.78. The Bertz CT molecular complexity index is 1270. The van der Waals surface area contributed by atoms with Crippen LogP contribution in [0.2, 0.25) is 0 Å². The zero-order chi connectivity index (χ0) is 25.8. The van der Waals surface area contributed by atoms with Crippen LogP contribution in [0.4, 0.5) is 11.6 Å². The summed E-state index contributed by atoms with van der Waals surface area (Å²) >= 11 is 1.60. The van der Waals surface area contributed by atoms with Gasteiger partial charge < -0.3 is 20.1 Å². The molecule has 190 valence electrons. The Morgan fingerprint density at radius 3 is 2.58 bits per heavy atom. The van der Waals surface area contributed by atoms with Crippen LogP contribution in [0.25, 0.3) is 0 Å². The van der Waals surface area contributed by atoms with Gasteiger partial charge in [0.2, 0.25) is 11.1 Å². The lowest BCUT2D eigenvalue weighted by Gasteiger charge is -2.29. The zero-order valence-corrected chi connectivity index (χ0v) is 22.4. The SMILES string of the molecule is CCCSc1nc2n(n1)C(c1ccc(OC(C)C)c(OC)c1)C(C(=O)Nc1ccc(C)cc1)=C(C)N2. The zero-order valence-electron chi connectivity index (χ0n) is 21.6. The van der Waals surface area contributed by atoms with Gasteiger partial charge in [-0.1, -0.05) is 42.4 Å². The molecule has 0 aliphatic carbocycles. The first-order valence-electron chi connectivity index (χ1n) is 12.1. The molecule has 36 heavy (non-hydrogen) atoms. The molecule has 9 heteroatoms. The highest BCUT2D eigenvalue weighted by atomic mass is 32.2. The predicted molar refractivity (Wildman–Crippen MR) is 144 cm³/mol. The number of aryl methyl sites for hydroxylation is 1. The van der Waals surface area contributed by atoms with Crippen molar-refractivity contribution in [1.29, 1.82) is 0 Å². The molecular formula is C27H33N5O3S. The normalized spacial score (nSPS) is 14.9. The number of anilines is 2. The second-order valence-electron chi connectivity index (χ2n) is 8.97. The number of hydrogen-bond acceptors (Lipinski definition) is 7. The lowest BCUT2D eigenvalue weighted by Crippen LogP contribution is -2.31. The number of amides is 1. The monoisotopic (exact) mass is 507 g/mol. The first-order chi connectivity index (χ1) is 17.3. The number of nitrogens with one attached hydrogen (secondary N) is 2. The molecule has 1 aliphatic rings. The van der Waals surface area contributed by atoms with Gasteiger partial charge in [0.25, 0.3) is 5.91 Å². The molecule has 2 heterocycles. The third-order valence-corrected chi connectivity index (χ3v) is 6.73. The van der Waals surface area contributed by atoms with E-state index in [1.165, 1.54) is 0 Å². The van der Waals surface area contributed by atoms with E-state index in [-0.39, 0.29) is 12.0 Å². The molecule has 1 atom stereocenters. The van der Waals surface area contributed by atoms with Crippen LogP contribution in [-0.2, 0) is 4.79 Å². The van der Waals surface area contributed by atoms with Crippen molar-refractivity contribution in [3.63, 3.8) is 0 Å². The summed E-state index contributed by atoms with van der Waals surface area (Å²) in [5.41, 5.74) is 3.97. The number of methoxy groups -OCH3 is 1. The fourth-order valence-corrected chi connectivity index (χ4v) is 4.71. The third-order valence-electron chi connectivity index (χ3n) is 5.69. The lowest BCUT2D eigenvalue weighted by molar-refractivity contribution is -0.113. The number of hydrogen-bond donors (Lipinski definition) is 2. The van der Waals surface area contributed by atoms with Crippen molar-refractivity contribution in [3.8, 4) is 11.5 Å². The number of benzene rings is 2. The molecule has 8 nitrogen and oxygen atoms in total. The minimum absolute atomic E-state index is 0.00156. The topological polar surface area (TPSA) is 90.3 Å². The van der Waals surface area contributed by atoms with Gasteiger partial charge in [0.05, 0.1) is 18.8 Å². The fraction of sp³-hybridized carbons (Fsp3) is 0.370. The van der Waals surface area contributed by atoms with Crippen molar-refractivity contribution in [1.82, 2.24) is 14.8 Å². The Hall–Kier alpha value is -3.46. The molecule has 0 saturated carbocycles. The van der Waals surface area contributed by atoms with Gasteiger partial charge in [-0.15, -0.1) is 5.10 Å².